The normalized spacial score (nSPS) is 10.8. The third kappa shape index (κ3) is 5.66. The van der Waals surface area contributed by atoms with Crippen LogP contribution in [0.25, 0.3) is 0 Å². The van der Waals surface area contributed by atoms with Gasteiger partial charge in [-0.05, 0) is 42.5 Å². The van der Waals surface area contributed by atoms with Gasteiger partial charge in [-0.15, -0.1) is 0 Å². The molecule has 2 N–H and O–H groups in total. The highest BCUT2D eigenvalue weighted by Crippen LogP contribution is 2.19. The summed E-state index contributed by atoms with van der Waals surface area (Å²) in [6, 6.07) is 14.1. The van der Waals surface area contributed by atoms with Crippen LogP contribution in [0.4, 0.5) is 11.6 Å². The van der Waals surface area contributed by atoms with E-state index < -0.39 is 10.0 Å². The number of methoxy groups -OCH3 is 1. The van der Waals surface area contributed by atoms with E-state index in [1.165, 1.54) is 43.8 Å². The Labute approximate surface area is 167 Å². The van der Waals surface area contributed by atoms with Gasteiger partial charge in [0.1, 0.15) is 11.5 Å². The fraction of sp³-hybridized carbons (Fsp3) is 0.105. The lowest BCUT2D eigenvalue weighted by atomic mass is 10.3. The molecule has 0 unspecified atom stereocenters. The molecule has 150 valence electrons. The highest BCUT2D eigenvalue weighted by Gasteiger charge is 2.15. The minimum atomic E-state index is -3.84. The molecular formula is C19H18N4O5S. The van der Waals surface area contributed by atoms with Crippen LogP contribution in [0.2, 0.25) is 0 Å². The van der Waals surface area contributed by atoms with Gasteiger partial charge in [0.25, 0.3) is 15.9 Å². The van der Waals surface area contributed by atoms with Gasteiger partial charge >= 0.3 is 0 Å². The number of hydrogen-bond donors (Lipinski definition) is 2. The fourth-order valence-corrected chi connectivity index (χ4v) is 3.24. The van der Waals surface area contributed by atoms with E-state index >= 15 is 0 Å². The number of aromatic nitrogens is 2. The van der Waals surface area contributed by atoms with E-state index in [4.69, 9.17) is 9.47 Å². The zero-order valence-electron chi connectivity index (χ0n) is 15.4. The van der Waals surface area contributed by atoms with Gasteiger partial charge in [0.15, 0.2) is 6.61 Å². The van der Waals surface area contributed by atoms with E-state index in [1.54, 1.807) is 30.3 Å². The summed E-state index contributed by atoms with van der Waals surface area (Å²) in [6.07, 6.45) is 2.86. The number of carbonyl (C=O) groups is 1. The number of amides is 1. The van der Waals surface area contributed by atoms with Gasteiger partial charge in [0.05, 0.1) is 12.0 Å². The second-order valence-electron chi connectivity index (χ2n) is 5.72. The second kappa shape index (κ2) is 9.02. The summed E-state index contributed by atoms with van der Waals surface area (Å²) in [6.45, 7) is -0.208. The highest BCUT2D eigenvalue weighted by atomic mass is 32.2. The zero-order chi connectivity index (χ0) is 20.7. The molecule has 0 aliphatic heterocycles. The van der Waals surface area contributed by atoms with Crippen molar-refractivity contribution in [3.63, 3.8) is 0 Å². The maximum Gasteiger partial charge on any atom is 0.264 e. The molecule has 0 aliphatic carbocycles. The monoisotopic (exact) mass is 414 g/mol. The summed E-state index contributed by atoms with van der Waals surface area (Å²) >= 11 is 0. The number of ether oxygens (including phenoxy) is 2. The molecule has 0 aliphatic rings. The summed E-state index contributed by atoms with van der Waals surface area (Å²) in [5.41, 5.74) is 0.430. The molecule has 0 atom stereocenters. The topological polar surface area (TPSA) is 120 Å². The maximum absolute atomic E-state index is 12.3. The minimum absolute atomic E-state index is 0.00980. The summed E-state index contributed by atoms with van der Waals surface area (Å²) in [5.74, 6) is 0.697. The lowest BCUT2D eigenvalue weighted by molar-refractivity contribution is -0.118. The van der Waals surface area contributed by atoms with Crippen molar-refractivity contribution >= 4 is 27.6 Å². The molecular weight excluding hydrogens is 396 g/mol. The van der Waals surface area contributed by atoms with Crippen molar-refractivity contribution in [3.05, 3.63) is 67.0 Å². The Bertz CT molecular complexity index is 1070. The van der Waals surface area contributed by atoms with Crippen molar-refractivity contribution in [3.8, 4) is 11.5 Å². The first kappa shape index (κ1) is 20.1. The SMILES string of the molecule is COc1cccc(OCC(=O)Nc2ccc(S(=O)(=O)Nc3ncccn3)cc2)c1. The number of hydrogen-bond acceptors (Lipinski definition) is 7. The van der Waals surface area contributed by atoms with Gasteiger partial charge in [-0.3, -0.25) is 4.79 Å². The number of sulfonamides is 1. The molecule has 0 fully saturated rings. The second-order valence-corrected chi connectivity index (χ2v) is 7.40. The van der Waals surface area contributed by atoms with Crippen LogP contribution in [0.3, 0.4) is 0 Å². The van der Waals surface area contributed by atoms with Crippen LogP contribution in [0.5, 0.6) is 11.5 Å². The minimum Gasteiger partial charge on any atom is -0.497 e. The Balaban J connectivity index is 1.57. The van der Waals surface area contributed by atoms with Gasteiger partial charge in [-0.1, -0.05) is 6.07 Å². The maximum atomic E-state index is 12.3. The van der Waals surface area contributed by atoms with Gasteiger partial charge in [0.2, 0.25) is 5.95 Å². The van der Waals surface area contributed by atoms with Gasteiger partial charge < -0.3 is 14.8 Å². The predicted molar refractivity (Wildman–Crippen MR) is 106 cm³/mol. The average Bonchev–Trinajstić information content (AvgIpc) is 2.73. The van der Waals surface area contributed by atoms with Crippen LogP contribution in [0.1, 0.15) is 0 Å². The molecule has 9 nitrogen and oxygen atoms in total. The zero-order valence-corrected chi connectivity index (χ0v) is 16.2. The summed E-state index contributed by atoms with van der Waals surface area (Å²) < 4.78 is 37.5. The van der Waals surface area contributed by atoms with Crippen molar-refractivity contribution in [2.24, 2.45) is 0 Å². The van der Waals surface area contributed by atoms with Crippen molar-refractivity contribution in [1.82, 2.24) is 9.97 Å². The fourth-order valence-electron chi connectivity index (χ4n) is 2.29. The predicted octanol–water partition coefficient (Wildman–Crippen LogP) is 2.30. The molecule has 1 amide bonds. The third-order valence-electron chi connectivity index (χ3n) is 3.65. The molecule has 1 aromatic heterocycles. The smallest absolute Gasteiger partial charge is 0.264 e. The van der Waals surface area contributed by atoms with Crippen LogP contribution < -0.4 is 19.5 Å². The number of anilines is 2. The molecule has 3 rings (SSSR count). The van der Waals surface area contributed by atoms with Crippen LogP contribution in [0, 0.1) is 0 Å². The molecule has 0 saturated heterocycles. The van der Waals surface area contributed by atoms with Gasteiger partial charge in [0, 0.05) is 24.1 Å². The number of rotatable bonds is 8. The Morgan fingerprint density at radius 1 is 1.00 bits per heavy atom. The van der Waals surface area contributed by atoms with E-state index in [0.29, 0.717) is 17.2 Å². The summed E-state index contributed by atoms with van der Waals surface area (Å²) in [7, 11) is -2.30. The van der Waals surface area contributed by atoms with Crippen molar-refractivity contribution in [1.29, 1.82) is 0 Å². The first-order chi connectivity index (χ1) is 14.0. The lowest BCUT2D eigenvalue weighted by Crippen LogP contribution is -2.20. The molecule has 0 spiro atoms. The standard InChI is InChI=1S/C19H18N4O5S/c1-27-15-4-2-5-16(12-15)28-13-18(24)22-14-6-8-17(9-7-14)29(25,26)23-19-20-10-3-11-21-19/h2-12H,13H2,1H3,(H,22,24)(H,20,21,23). The molecule has 1 heterocycles. The lowest BCUT2D eigenvalue weighted by Gasteiger charge is -2.10. The number of nitrogens with one attached hydrogen (secondary N) is 2. The van der Waals surface area contributed by atoms with E-state index in [-0.39, 0.29) is 23.4 Å². The first-order valence-corrected chi connectivity index (χ1v) is 9.91. The van der Waals surface area contributed by atoms with Crippen LogP contribution in [-0.2, 0) is 14.8 Å². The van der Waals surface area contributed by atoms with Crippen LogP contribution in [-0.4, -0.2) is 38.0 Å². The third-order valence-corrected chi connectivity index (χ3v) is 5.00. The van der Waals surface area contributed by atoms with Crippen LogP contribution in [0.15, 0.2) is 71.9 Å². The molecule has 3 aromatic rings. The van der Waals surface area contributed by atoms with Gasteiger partial charge in [-0.25, -0.2) is 23.1 Å². The molecule has 2 aromatic carbocycles. The van der Waals surface area contributed by atoms with Crippen molar-refractivity contribution in [2.45, 2.75) is 4.90 Å². The largest absolute Gasteiger partial charge is 0.497 e. The van der Waals surface area contributed by atoms with Crippen molar-refractivity contribution < 1.29 is 22.7 Å². The van der Waals surface area contributed by atoms with E-state index in [0.717, 1.165) is 0 Å². The highest BCUT2D eigenvalue weighted by molar-refractivity contribution is 7.92. The molecule has 10 heteroatoms. The molecule has 0 radical (unpaired) electrons. The molecule has 29 heavy (non-hydrogen) atoms. The first-order valence-electron chi connectivity index (χ1n) is 8.43. The van der Waals surface area contributed by atoms with Gasteiger partial charge in [-0.2, -0.15) is 0 Å². The molecule has 0 saturated carbocycles. The van der Waals surface area contributed by atoms with Crippen molar-refractivity contribution in [2.75, 3.05) is 23.8 Å². The Hall–Kier alpha value is -3.66. The summed E-state index contributed by atoms with van der Waals surface area (Å²) in [5, 5.41) is 2.63. The Morgan fingerprint density at radius 3 is 2.38 bits per heavy atom. The molecule has 0 bridgehead atoms. The quantitative estimate of drug-likeness (QED) is 0.580. The number of carbonyl (C=O) groups excluding carboxylic acids is 1. The van der Waals surface area contributed by atoms with E-state index in [1.807, 2.05) is 0 Å². The Morgan fingerprint density at radius 2 is 1.69 bits per heavy atom. The Kier molecular flexibility index (Phi) is 6.25. The average molecular weight is 414 g/mol. The van der Waals surface area contributed by atoms with Crippen LogP contribution >= 0.6 is 0 Å². The van der Waals surface area contributed by atoms with E-state index in [2.05, 4.69) is 20.0 Å². The number of benzene rings is 2. The number of nitrogens with zero attached hydrogens (tertiary/aromatic N) is 2. The summed E-state index contributed by atoms with van der Waals surface area (Å²) in [4.78, 5) is 19.7. The van der Waals surface area contributed by atoms with E-state index in [9.17, 15) is 13.2 Å².